The molecule has 2 amide bonds. The summed E-state index contributed by atoms with van der Waals surface area (Å²) < 4.78 is 8.33. The number of anilines is 1. The lowest BCUT2D eigenvalue weighted by Gasteiger charge is -2.39. The van der Waals surface area contributed by atoms with Crippen molar-refractivity contribution in [2.75, 3.05) is 12.4 Å². The third kappa shape index (κ3) is 3.30. The Kier molecular flexibility index (Phi) is 4.84. The molecule has 3 heterocycles. The first-order chi connectivity index (χ1) is 12.5. The minimum atomic E-state index is -0.0850. The molecule has 8 heteroatoms. The zero-order valence-electron chi connectivity index (χ0n) is 14.4. The first-order valence-electron chi connectivity index (χ1n) is 8.67. The molecule has 0 spiro atoms. The average Bonchev–Trinajstić information content (AvgIpc) is 3.16. The maximum absolute atomic E-state index is 12.9. The number of aromatic nitrogens is 2. The minimum absolute atomic E-state index is 0.0850. The number of benzene rings is 1. The maximum atomic E-state index is 12.9. The van der Waals surface area contributed by atoms with Gasteiger partial charge in [-0.25, -0.2) is 4.79 Å². The van der Waals surface area contributed by atoms with Crippen molar-refractivity contribution in [1.82, 2.24) is 14.7 Å². The highest BCUT2D eigenvalue weighted by Crippen LogP contribution is 2.41. The molecule has 26 heavy (non-hydrogen) atoms. The number of ether oxygens (including phenoxy) is 1. The molecule has 2 bridgehead atoms. The number of urea groups is 1. The van der Waals surface area contributed by atoms with Crippen molar-refractivity contribution >= 4 is 39.2 Å². The second-order valence-electron chi connectivity index (χ2n) is 6.83. The van der Waals surface area contributed by atoms with E-state index in [4.69, 9.17) is 16.3 Å². The number of nitrogens with zero attached hydrogens (tertiary/aromatic N) is 3. The highest BCUT2D eigenvalue weighted by atomic mass is 79.9. The molecule has 2 aliphatic rings. The van der Waals surface area contributed by atoms with Crippen LogP contribution in [0.2, 0.25) is 5.02 Å². The van der Waals surface area contributed by atoms with Gasteiger partial charge in [0.15, 0.2) is 0 Å². The van der Waals surface area contributed by atoms with Gasteiger partial charge in [-0.3, -0.25) is 4.68 Å². The van der Waals surface area contributed by atoms with Gasteiger partial charge in [0.1, 0.15) is 5.75 Å². The molecule has 0 aliphatic carbocycles. The van der Waals surface area contributed by atoms with Crippen LogP contribution in [0, 0.1) is 0 Å². The molecule has 0 saturated carbocycles. The van der Waals surface area contributed by atoms with Crippen molar-refractivity contribution in [2.45, 2.75) is 43.8 Å². The summed E-state index contributed by atoms with van der Waals surface area (Å²) in [6, 6.07) is 5.93. The molecule has 6 nitrogen and oxygen atoms in total. The summed E-state index contributed by atoms with van der Waals surface area (Å²) >= 11 is 9.52. The Balaban J connectivity index is 1.49. The third-order valence-corrected chi connectivity index (χ3v) is 5.93. The topological polar surface area (TPSA) is 59.4 Å². The smallest absolute Gasteiger partial charge is 0.322 e. The quantitative estimate of drug-likeness (QED) is 0.753. The van der Waals surface area contributed by atoms with E-state index < -0.39 is 0 Å². The molecular formula is C18H20BrClN4O2. The third-order valence-electron chi connectivity index (χ3n) is 5.29. The average molecular weight is 440 g/mol. The molecule has 2 unspecified atom stereocenters. The number of rotatable bonds is 3. The molecule has 2 fully saturated rings. The minimum Gasteiger partial charge on any atom is -0.495 e. The van der Waals surface area contributed by atoms with Gasteiger partial charge in [0.05, 0.1) is 29.5 Å². The number of fused-ring (bicyclic) bond motifs is 2. The van der Waals surface area contributed by atoms with E-state index in [0.29, 0.717) is 22.5 Å². The Labute approximate surface area is 165 Å². The molecule has 2 aliphatic heterocycles. The molecule has 2 saturated heterocycles. The largest absolute Gasteiger partial charge is 0.495 e. The Morgan fingerprint density at radius 1 is 1.31 bits per heavy atom. The molecular weight excluding hydrogens is 420 g/mol. The fourth-order valence-corrected chi connectivity index (χ4v) is 4.64. The van der Waals surface area contributed by atoms with Gasteiger partial charge in [-0.05, 0) is 59.8 Å². The van der Waals surface area contributed by atoms with Crippen LogP contribution in [-0.2, 0) is 0 Å². The van der Waals surface area contributed by atoms with Crippen LogP contribution in [0.4, 0.5) is 10.5 Å². The Bertz CT molecular complexity index is 813. The summed E-state index contributed by atoms with van der Waals surface area (Å²) in [4.78, 5) is 14.9. The Morgan fingerprint density at radius 3 is 2.65 bits per heavy atom. The molecule has 0 radical (unpaired) electrons. The van der Waals surface area contributed by atoms with Crippen LogP contribution in [-0.4, -0.2) is 39.9 Å². The van der Waals surface area contributed by atoms with Gasteiger partial charge in [-0.2, -0.15) is 5.10 Å². The van der Waals surface area contributed by atoms with E-state index in [2.05, 4.69) is 26.3 Å². The van der Waals surface area contributed by atoms with Gasteiger partial charge in [0.2, 0.25) is 0 Å². The number of halogens is 2. The molecule has 1 N–H and O–H groups in total. The van der Waals surface area contributed by atoms with Crippen LogP contribution in [0.3, 0.4) is 0 Å². The van der Waals surface area contributed by atoms with Crippen molar-refractivity contribution in [3.8, 4) is 5.75 Å². The number of methoxy groups -OCH3 is 1. The number of carbonyl (C=O) groups is 1. The van der Waals surface area contributed by atoms with Crippen LogP contribution in [0.1, 0.15) is 31.7 Å². The van der Waals surface area contributed by atoms with E-state index in [1.165, 1.54) is 0 Å². The zero-order valence-corrected chi connectivity index (χ0v) is 16.7. The van der Waals surface area contributed by atoms with E-state index in [0.717, 1.165) is 30.2 Å². The predicted octanol–water partition coefficient (Wildman–Crippen LogP) is 4.71. The molecule has 4 rings (SSSR count). The van der Waals surface area contributed by atoms with Crippen LogP contribution < -0.4 is 10.1 Å². The molecule has 138 valence electrons. The van der Waals surface area contributed by atoms with E-state index in [1.807, 2.05) is 22.0 Å². The number of piperidine rings is 1. The molecule has 2 aromatic rings. The van der Waals surface area contributed by atoms with Gasteiger partial charge < -0.3 is 15.0 Å². The number of nitrogens with one attached hydrogen (secondary N) is 1. The fraction of sp³-hybridized carbons (Fsp3) is 0.444. The highest BCUT2D eigenvalue weighted by molar-refractivity contribution is 9.10. The number of hydrogen-bond acceptors (Lipinski definition) is 3. The lowest BCUT2D eigenvalue weighted by Crippen LogP contribution is -2.48. The lowest BCUT2D eigenvalue weighted by molar-refractivity contribution is 0.129. The van der Waals surface area contributed by atoms with Gasteiger partial charge >= 0.3 is 6.03 Å². The van der Waals surface area contributed by atoms with Crippen LogP contribution in [0.25, 0.3) is 0 Å². The van der Waals surface area contributed by atoms with E-state index in [9.17, 15) is 4.79 Å². The normalized spacial score (nSPS) is 24.6. The van der Waals surface area contributed by atoms with Gasteiger partial charge in [-0.1, -0.05) is 11.6 Å². The first-order valence-corrected chi connectivity index (χ1v) is 9.84. The summed E-state index contributed by atoms with van der Waals surface area (Å²) in [5, 5.41) is 7.97. The lowest BCUT2D eigenvalue weighted by atomic mass is 9.98. The van der Waals surface area contributed by atoms with Crippen molar-refractivity contribution in [3.05, 3.63) is 40.1 Å². The summed E-state index contributed by atoms with van der Waals surface area (Å²) in [5.74, 6) is 0.603. The molecule has 1 aromatic heterocycles. The maximum Gasteiger partial charge on any atom is 0.322 e. The summed E-state index contributed by atoms with van der Waals surface area (Å²) in [6.45, 7) is 0. The van der Waals surface area contributed by atoms with Crippen LogP contribution in [0.15, 0.2) is 35.1 Å². The van der Waals surface area contributed by atoms with Crippen LogP contribution >= 0.6 is 27.5 Å². The second kappa shape index (κ2) is 7.12. The first kappa shape index (κ1) is 17.7. The van der Waals surface area contributed by atoms with Crippen molar-refractivity contribution in [1.29, 1.82) is 0 Å². The van der Waals surface area contributed by atoms with Crippen LogP contribution in [0.5, 0.6) is 5.75 Å². The summed E-state index contributed by atoms with van der Waals surface area (Å²) in [7, 11) is 1.58. The van der Waals surface area contributed by atoms with Crippen molar-refractivity contribution in [2.24, 2.45) is 0 Å². The molecule has 1 aromatic carbocycles. The van der Waals surface area contributed by atoms with E-state index >= 15 is 0 Å². The number of carbonyl (C=O) groups excluding carboxylic acids is 1. The van der Waals surface area contributed by atoms with Gasteiger partial charge in [0, 0.05) is 23.3 Å². The predicted molar refractivity (Wildman–Crippen MR) is 104 cm³/mol. The highest BCUT2D eigenvalue weighted by Gasteiger charge is 2.44. The van der Waals surface area contributed by atoms with E-state index in [-0.39, 0.29) is 18.1 Å². The fourth-order valence-electron chi connectivity index (χ4n) is 4.17. The van der Waals surface area contributed by atoms with E-state index in [1.54, 1.807) is 25.3 Å². The monoisotopic (exact) mass is 438 g/mol. The SMILES string of the molecule is COc1ccc(Cl)cc1NC(=O)N1C2CCC1CC(n1cc(Br)cn1)C2. The molecule has 2 atom stereocenters. The van der Waals surface area contributed by atoms with Crippen molar-refractivity contribution in [3.63, 3.8) is 0 Å². The van der Waals surface area contributed by atoms with Gasteiger partial charge in [-0.15, -0.1) is 0 Å². The number of hydrogen-bond donors (Lipinski definition) is 1. The van der Waals surface area contributed by atoms with Crippen molar-refractivity contribution < 1.29 is 9.53 Å². The summed E-state index contributed by atoms with van der Waals surface area (Å²) in [6.07, 6.45) is 7.73. The van der Waals surface area contributed by atoms with Gasteiger partial charge in [0.25, 0.3) is 0 Å². The number of amides is 2. The second-order valence-corrected chi connectivity index (χ2v) is 8.18. The Morgan fingerprint density at radius 2 is 2.04 bits per heavy atom. The zero-order chi connectivity index (χ0) is 18.3. The summed E-state index contributed by atoms with van der Waals surface area (Å²) in [5.41, 5.74) is 0.600. The standard InChI is InChI=1S/C18H20BrClN4O2/c1-26-17-5-2-12(20)6-16(17)22-18(25)24-13-3-4-14(24)8-15(7-13)23-10-11(19)9-21-23/h2,5-6,9-10,13-15H,3-4,7-8H2,1H3,(H,22,25). The Hall–Kier alpha value is -1.73.